The summed E-state index contributed by atoms with van der Waals surface area (Å²) in [5.74, 6) is 1.25. The van der Waals surface area contributed by atoms with Gasteiger partial charge in [-0.1, -0.05) is 34.1 Å². The molecule has 1 amide bonds. The first-order chi connectivity index (χ1) is 15.5. The maximum Gasteiger partial charge on any atom is 0.254 e. The Labute approximate surface area is 197 Å². The lowest BCUT2D eigenvalue weighted by atomic mass is 9.85. The number of hydrogen-bond donors (Lipinski definition) is 1. The molecule has 0 spiro atoms. The van der Waals surface area contributed by atoms with Gasteiger partial charge in [-0.2, -0.15) is 0 Å². The molecule has 0 saturated carbocycles. The van der Waals surface area contributed by atoms with E-state index in [0.29, 0.717) is 25.3 Å². The van der Waals surface area contributed by atoms with Crippen LogP contribution in [0.3, 0.4) is 0 Å². The summed E-state index contributed by atoms with van der Waals surface area (Å²) in [5, 5.41) is 8.91. The van der Waals surface area contributed by atoms with E-state index in [4.69, 9.17) is 19.6 Å². The second kappa shape index (κ2) is 10.0. The molecular weight excluding hydrogens is 472 g/mol. The largest absolute Gasteiger partial charge is 0.494 e. The van der Waals surface area contributed by atoms with Crippen LogP contribution in [0, 0.1) is 0 Å². The third kappa shape index (κ3) is 4.69. The smallest absolute Gasteiger partial charge is 0.254 e. The molecule has 0 aromatic heterocycles. The molecule has 0 bridgehead atoms. The van der Waals surface area contributed by atoms with Crippen LogP contribution in [-0.4, -0.2) is 59.8 Å². The Morgan fingerprint density at radius 2 is 1.94 bits per heavy atom. The molecule has 1 saturated heterocycles. The van der Waals surface area contributed by atoms with E-state index in [1.807, 2.05) is 60.4 Å². The molecule has 1 N–H and O–H groups in total. The number of amides is 1. The highest BCUT2D eigenvalue weighted by Gasteiger charge is 2.52. The Bertz CT molecular complexity index is 972. The Morgan fingerprint density at radius 1 is 1.22 bits per heavy atom. The summed E-state index contributed by atoms with van der Waals surface area (Å²) in [4.78, 5) is 20.7. The zero-order valence-electron chi connectivity index (χ0n) is 18.3. The van der Waals surface area contributed by atoms with E-state index in [9.17, 15) is 4.79 Å². The molecule has 2 aromatic carbocycles. The van der Waals surface area contributed by atoms with Gasteiger partial charge in [0.05, 0.1) is 6.61 Å². The van der Waals surface area contributed by atoms with Crippen molar-refractivity contribution in [3.8, 4) is 5.75 Å². The first-order valence-electron chi connectivity index (χ1n) is 11.2. The van der Waals surface area contributed by atoms with Gasteiger partial charge in [0.25, 0.3) is 5.91 Å². The molecule has 170 valence electrons. The Morgan fingerprint density at radius 3 is 2.62 bits per heavy atom. The van der Waals surface area contributed by atoms with Gasteiger partial charge in [-0.15, -0.1) is 0 Å². The minimum Gasteiger partial charge on any atom is -0.494 e. The maximum atomic E-state index is 13.8. The van der Waals surface area contributed by atoms with Crippen LogP contribution in [0.4, 0.5) is 0 Å². The lowest BCUT2D eigenvalue weighted by Gasteiger charge is -2.32. The second-order valence-electron chi connectivity index (χ2n) is 8.32. The van der Waals surface area contributed by atoms with Gasteiger partial charge in [0.15, 0.2) is 5.54 Å². The summed E-state index contributed by atoms with van der Waals surface area (Å²) < 4.78 is 12.8. The van der Waals surface area contributed by atoms with Crippen LogP contribution >= 0.6 is 15.9 Å². The van der Waals surface area contributed by atoms with Gasteiger partial charge < -0.3 is 19.5 Å². The fourth-order valence-corrected chi connectivity index (χ4v) is 4.68. The van der Waals surface area contributed by atoms with Crippen molar-refractivity contribution in [3.63, 3.8) is 0 Å². The highest BCUT2D eigenvalue weighted by Crippen LogP contribution is 2.36. The van der Waals surface area contributed by atoms with Crippen molar-refractivity contribution in [2.75, 3.05) is 26.3 Å². The lowest BCUT2D eigenvalue weighted by Crippen LogP contribution is -2.53. The predicted molar refractivity (Wildman–Crippen MR) is 127 cm³/mol. The summed E-state index contributed by atoms with van der Waals surface area (Å²) in [6, 6.07) is 15.5. The number of benzene rings is 2. The molecule has 7 heteroatoms. The minimum absolute atomic E-state index is 0.0391. The van der Waals surface area contributed by atoms with Crippen molar-refractivity contribution in [3.05, 3.63) is 64.1 Å². The number of rotatable bonds is 8. The van der Waals surface area contributed by atoms with E-state index in [-0.39, 0.29) is 12.5 Å². The molecule has 2 aliphatic heterocycles. The average molecular weight is 501 g/mol. The molecule has 2 heterocycles. The number of aliphatic imine (C=N–C) groups is 1. The number of halogens is 1. The monoisotopic (exact) mass is 500 g/mol. The van der Waals surface area contributed by atoms with Crippen molar-refractivity contribution in [2.24, 2.45) is 4.99 Å². The molecule has 0 unspecified atom stereocenters. The molecule has 2 aromatic rings. The predicted octanol–water partition coefficient (Wildman–Crippen LogP) is 3.98. The number of hydrogen-bond acceptors (Lipinski definition) is 5. The molecule has 1 fully saturated rings. The van der Waals surface area contributed by atoms with Gasteiger partial charge in [-0.3, -0.25) is 4.79 Å². The molecule has 2 atom stereocenters. The van der Waals surface area contributed by atoms with E-state index in [2.05, 4.69) is 15.9 Å². The first kappa shape index (κ1) is 22.8. The molecular formula is C25H29BrN2O4. The van der Waals surface area contributed by atoms with E-state index >= 15 is 0 Å². The summed E-state index contributed by atoms with van der Waals surface area (Å²) in [5.41, 5.74) is 0.850. The van der Waals surface area contributed by atoms with Gasteiger partial charge in [-0.25, -0.2) is 4.99 Å². The Kier molecular flexibility index (Phi) is 7.16. The van der Waals surface area contributed by atoms with E-state index in [0.717, 1.165) is 47.3 Å². The quantitative estimate of drug-likeness (QED) is 0.556. The topological polar surface area (TPSA) is 71.4 Å². The van der Waals surface area contributed by atoms with Crippen LogP contribution < -0.4 is 4.74 Å². The van der Waals surface area contributed by atoms with Crippen LogP contribution in [0.5, 0.6) is 5.75 Å². The lowest BCUT2D eigenvalue weighted by molar-refractivity contribution is -0.138. The zero-order valence-corrected chi connectivity index (χ0v) is 19.9. The van der Waals surface area contributed by atoms with E-state index in [1.165, 1.54) is 0 Å². The van der Waals surface area contributed by atoms with E-state index in [1.54, 1.807) is 0 Å². The van der Waals surface area contributed by atoms with Gasteiger partial charge >= 0.3 is 0 Å². The highest BCUT2D eigenvalue weighted by molar-refractivity contribution is 9.10. The summed E-state index contributed by atoms with van der Waals surface area (Å²) in [7, 11) is 0. The fraction of sp³-hybridized carbons (Fsp3) is 0.440. The second-order valence-corrected chi connectivity index (χ2v) is 9.17. The molecule has 0 aliphatic carbocycles. The standard InChI is InChI=1S/C25H29BrN2O4/c1-18-25(24(30)28-13-4-5-14-28,17-20-7-2-3-8-22(20)26)27-23(32-18)19-9-11-21(12-10-19)31-16-6-15-29/h2-3,7-12,18,29H,4-6,13-17H2,1H3/t18-,25-/m1/s1. The maximum absolute atomic E-state index is 13.8. The SMILES string of the molecule is C[C@H]1OC(c2ccc(OCCCO)cc2)=N[C@@]1(Cc1ccccc1Br)C(=O)N1CCCC1. The van der Waals surface area contributed by atoms with Gasteiger partial charge in [0.1, 0.15) is 11.9 Å². The average Bonchev–Trinajstić information content (AvgIpc) is 3.45. The Hall–Kier alpha value is -2.38. The normalized spacial score (nSPS) is 22.5. The third-order valence-corrected chi connectivity index (χ3v) is 6.89. The number of nitrogens with zero attached hydrogens (tertiary/aromatic N) is 2. The summed E-state index contributed by atoms with van der Waals surface area (Å²) in [6.45, 7) is 4.05. The number of likely N-dealkylation sites (tertiary alicyclic amines) is 1. The van der Waals surface area contributed by atoms with Gasteiger partial charge in [0, 0.05) is 42.6 Å². The Balaban J connectivity index is 1.65. The minimum atomic E-state index is -1.00. The fourth-order valence-electron chi connectivity index (χ4n) is 4.25. The van der Waals surface area contributed by atoms with Crippen molar-refractivity contribution in [2.45, 2.75) is 44.2 Å². The third-order valence-electron chi connectivity index (χ3n) is 6.12. The number of aliphatic hydroxyl groups is 1. The van der Waals surface area contributed by atoms with Gasteiger partial charge in [0.2, 0.25) is 5.90 Å². The number of carbonyl (C=O) groups excluding carboxylic acids is 1. The van der Waals surface area contributed by atoms with Crippen LogP contribution in [0.25, 0.3) is 0 Å². The molecule has 4 rings (SSSR count). The molecule has 32 heavy (non-hydrogen) atoms. The molecule has 0 radical (unpaired) electrons. The first-order valence-corrected chi connectivity index (χ1v) is 12.0. The van der Waals surface area contributed by atoms with Crippen molar-refractivity contribution < 1.29 is 19.4 Å². The van der Waals surface area contributed by atoms with Crippen molar-refractivity contribution in [1.82, 2.24) is 4.90 Å². The molecule has 2 aliphatic rings. The van der Waals surface area contributed by atoms with Gasteiger partial charge in [-0.05, 0) is 55.7 Å². The number of aliphatic hydroxyl groups excluding tert-OH is 1. The number of ether oxygens (including phenoxy) is 2. The number of carbonyl (C=O) groups is 1. The molecule has 6 nitrogen and oxygen atoms in total. The van der Waals surface area contributed by atoms with Crippen LogP contribution in [0.1, 0.15) is 37.3 Å². The van der Waals surface area contributed by atoms with Crippen molar-refractivity contribution in [1.29, 1.82) is 0 Å². The van der Waals surface area contributed by atoms with Crippen LogP contribution in [0.2, 0.25) is 0 Å². The summed E-state index contributed by atoms with van der Waals surface area (Å²) in [6.07, 6.45) is 2.72. The summed E-state index contributed by atoms with van der Waals surface area (Å²) >= 11 is 3.63. The van der Waals surface area contributed by atoms with Crippen LogP contribution in [-0.2, 0) is 16.0 Å². The van der Waals surface area contributed by atoms with Crippen molar-refractivity contribution >= 4 is 27.7 Å². The highest BCUT2D eigenvalue weighted by atomic mass is 79.9. The van der Waals surface area contributed by atoms with E-state index < -0.39 is 11.6 Å². The zero-order chi connectivity index (χ0) is 22.6. The van der Waals surface area contributed by atoms with Crippen LogP contribution in [0.15, 0.2) is 58.0 Å².